The summed E-state index contributed by atoms with van der Waals surface area (Å²) in [5, 5.41) is 5.08. The maximum absolute atomic E-state index is 6.04. The summed E-state index contributed by atoms with van der Waals surface area (Å²) in [6.45, 7) is 0. The van der Waals surface area contributed by atoms with Crippen molar-refractivity contribution < 1.29 is 4.52 Å². The highest BCUT2D eigenvalue weighted by Crippen LogP contribution is 2.23. The third-order valence-corrected chi connectivity index (χ3v) is 3.90. The summed E-state index contributed by atoms with van der Waals surface area (Å²) in [6.07, 6.45) is 4.65. The first-order valence-corrected chi connectivity index (χ1v) is 8.10. The molecular formula is C15H16N4OS. The smallest absolute Gasteiger partial charge is 0.243 e. The van der Waals surface area contributed by atoms with E-state index in [2.05, 4.69) is 21.4 Å². The Labute approximate surface area is 126 Å². The largest absolute Gasteiger partial charge is 0.337 e. The van der Waals surface area contributed by atoms with Gasteiger partial charge in [-0.15, -0.1) is 0 Å². The highest BCUT2D eigenvalue weighted by atomic mass is 32.2. The van der Waals surface area contributed by atoms with Crippen LogP contribution in [0.5, 0.6) is 0 Å². The molecule has 0 aliphatic heterocycles. The van der Waals surface area contributed by atoms with Crippen LogP contribution in [0.3, 0.4) is 0 Å². The van der Waals surface area contributed by atoms with Gasteiger partial charge in [0.05, 0.1) is 11.6 Å². The summed E-state index contributed by atoms with van der Waals surface area (Å²) in [4.78, 5) is 8.70. The maximum atomic E-state index is 6.04. The molecule has 2 aromatic heterocycles. The van der Waals surface area contributed by atoms with Gasteiger partial charge in [-0.2, -0.15) is 16.7 Å². The van der Waals surface area contributed by atoms with E-state index in [0.717, 1.165) is 28.6 Å². The quantitative estimate of drug-likeness (QED) is 0.780. The van der Waals surface area contributed by atoms with Crippen LogP contribution < -0.4 is 5.73 Å². The zero-order valence-corrected chi connectivity index (χ0v) is 12.5. The van der Waals surface area contributed by atoms with Gasteiger partial charge in [0.1, 0.15) is 0 Å². The Hall–Kier alpha value is -1.92. The van der Waals surface area contributed by atoms with Gasteiger partial charge in [-0.25, -0.2) is 0 Å². The number of pyridine rings is 1. The Bertz CT molecular complexity index is 743. The third kappa shape index (κ3) is 3.06. The fourth-order valence-electron chi connectivity index (χ4n) is 2.09. The lowest BCUT2D eigenvalue weighted by Crippen LogP contribution is -2.11. The summed E-state index contributed by atoms with van der Waals surface area (Å²) in [6, 6.07) is 9.61. The van der Waals surface area contributed by atoms with Crippen LogP contribution >= 0.6 is 11.8 Å². The molecule has 0 saturated heterocycles. The number of thioether (sulfide) groups is 1. The van der Waals surface area contributed by atoms with Gasteiger partial charge >= 0.3 is 0 Å². The van der Waals surface area contributed by atoms with E-state index in [1.807, 2.05) is 30.3 Å². The van der Waals surface area contributed by atoms with Crippen molar-refractivity contribution in [2.45, 2.75) is 12.5 Å². The van der Waals surface area contributed by atoms with Crippen molar-refractivity contribution in [3.05, 3.63) is 42.4 Å². The molecule has 0 bridgehead atoms. The van der Waals surface area contributed by atoms with Crippen LogP contribution in [0.4, 0.5) is 0 Å². The number of hydrogen-bond acceptors (Lipinski definition) is 6. The molecule has 0 aliphatic rings. The fraction of sp³-hybridized carbons (Fsp3) is 0.267. The number of nitrogens with two attached hydrogens (primary N) is 1. The number of aromatic nitrogens is 3. The van der Waals surface area contributed by atoms with Crippen LogP contribution in [-0.4, -0.2) is 27.1 Å². The second-order valence-electron chi connectivity index (χ2n) is 4.76. The van der Waals surface area contributed by atoms with Gasteiger partial charge in [0, 0.05) is 17.1 Å². The Morgan fingerprint density at radius 2 is 2.24 bits per heavy atom. The fourth-order valence-corrected chi connectivity index (χ4v) is 2.58. The summed E-state index contributed by atoms with van der Waals surface area (Å²) in [7, 11) is 0. The average Bonchev–Trinajstić information content (AvgIpc) is 3.02. The van der Waals surface area contributed by atoms with E-state index >= 15 is 0 Å². The molecule has 1 atom stereocenters. The van der Waals surface area contributed by atoms with Gasteiger partial charge in [-0.05, 0) is 42.7 Å². The molecular weight excluding hydrogens is 284 g/mol. The third-order valence-electron chi connectivity index (χ3n) is 3.25. The molecule has 3 aromatic rings. The lowest BCUT2D eigenvalue weighted by Gasteiger charge is -2.03. The minimum atomic E-state index is -0.208. The maximum Gasteiger partial charge on any atom is 0.243 e. The molecule has 5 nitrogen and oxygen atoms in total. The van der Waals surface area contributed by atoms with Crippen molar-refractivity contribution in [3.8, 4) is 11.4 Å². The van der Waals surface area contributed by atoms with Crippen molar-refractivity contribution >= 4 is 22.7 Å². The summed E-state index contributed by atoms with van der Waals surface area (Å²) in [5.74, 6) is 2.03. The van der Waals surface area contributed by atoms with Crippen LogP contribution in [0.25, 0.3) is 22.3 Å². The lowest BCUT2D eigenvalue weighted by molar-refractivity contribution is 0.353. The normalized spacial score (nSPS) is 12.7. The van der Waals surface area contributed by atoms with Gasteiger partial charge in [0.25, 0.3) is 0 Å². The van der Waals surface area contributed by atoms with E-state index in [1.165, 1.54) is 0 Å². The molecule has 0 unspecified atom stereocenters. The number of benzene rings is 1. The van der Waals surface area contributed by atoms with Crippen molar-refractivity contribution in [1.82, 2.24) is 15.1 Å². The molecule has 2 N–H and O–H groups in total. The monoisotopic (exact) mass is 300 g/mol. The highest BCUT2D eigenvalue weighted by Gasteiger charge is 2.15. The Kier molecular flexibility index (Phi) is 4.17. The molecule has 2 heterocycles. The van der Waals surface area contributed by atoms with Crippen molar-refractivity contribution in [3.63, 3.8) is 0 Å². The minimum Gasteiger partial charge on any atom is -0.337 e. The average molecular weight is 300 g/mol. The zero-order valence-electron chi connectivity index (χ0n) is 11.7. The molecule has 0 saturated carbocycles. The van der Waals surface area contributed by atoms with E-state index in [4.69, 9.17) is 10.3 Å². The predicted octanol–water partition coefficient (Wildman–Crippen LogP) is 3.04. The molecule has 0 spiro atoms. The van der Waals surface area contributed by atoms with Crippen LogP contribution in [0, 0.1) is 0 Å². The van der Waals surface area contributed by atoms with Gasteiger partial charge < -0.3 is 10.3 Å². The van der Waals surface area contributed by atoms with E-state index in [0.29, 0.717) is 11.7 Å². The molecule has 1 aromatic carbocycles. The van der Waals surface area contributed by atoms with Crippen molar-refractivity contribution in [2.24, 2.45) is 5.73 Å². The second kappa shape index (κ2) is 6.24. The Morgan fingerprint density at radius 1 is 1.33 bits per heavy atom. The summed E-state index contributed by atoms with van der Waals surface area (Å²) < 4.78 is 5.28. The molecule has 0 amide bonds. The Morgan fingerprint density at radius 3 is 3.10 bits per heavy atom. The lowest BCUT2D eigenvalue weighted by atomic mass is 10.1. The molecule has 6 heteroatoms. The molecule has 0 aliphatic carbocycles. The van der Waals surface area contributed by atoms with E-state index in [-0.39, 0.29) is 6.04 Å². The minimum absolute atomic E-state index is 0.208. The number of rotatable bonds is 5. The predicted molar refractivity (Wildman–Crippen MR) is 85.0 cm³/mol. The Balaban J connectivity index is 1.87. The van der Waals surface area contributed by atoms with Gasteiger partial charge in [0.2, 0.25) is 11.7 Å². The topological polar surface area (TPSA) is 77.8 Å². The molecule has 21 heavy (non-hydrogen) atoms. The van der Waals surface area contributed by atoms with Crippen LogP contribution in [0.2, 0.25) is 0 Å². The van der Waals surface area contributed by atoms with E-state index in [9.17, 15) is 0 Å². The van der Waals surface area contributed by atoms with Gasteiger partial charge in [0.15, 0.2) is 0 Å². The summed E-state index contributed by atoms with van der Waals surface area (Å²) in [5.41, 5.74) is 7.89. The second-order valence-corrected chi connectivity index (χ2v) is 5.74. The van der Waals surface area contributed by atoms with Crippen LogP contribution in [-0.2, 0) is 0 Å². The van der Waals surface area contributed by atoms with Gasteiger partial charge in [-0.3, -0.25) is 4.98 Å². The zero-order chi connectivity index (χ0) is 14.7. The molecule has 0 radical (unpaired) electrons. The number of nitrogens with zero attached hydrogens (tertiary/aromatic N) is 3. The van der Waals surface area contributed by atoms with Crippen LogP contribution in [0.1, 0.15) is 18.4 Å². The first-order valence-electron chi connectivity index (χ1n) is 6.71. The van der Waals surface area contributed by atoms with Crippen molar-refractivity contribution in [2.75, 3.05) is 12.0 Å². The molecule has 0 fully saturated rings. The van der Waals surface area contributed by atoms with Gasteiger partial charge in [-0.1, -0.05) is 11.2 Å². The molecule has 108 valence electrons. The standard InChI is InChI=1S/C15H16N4OS/c1-21-8-6-12(16)15-18-14(19-20-15)11-4-5-13-10(9-11)3-2-7-17-13/h2-5,7,9,12H,6,8,16H2,1H3/t12-/m0/s1. The number of fused-ring (bicyclic) bond motifs is 1. The first-order chi connectivity index (χ1) is 10.3. The van der Waals surface area contributed by atoms with E-state index in [1.54, 1.807) is 18.0 Å². The van der Waals surface area contributed by atoms with E-state index < -0.39 is 0 Å². The summed E-state index contributed by atoms with van der Waals surface area (Å²) >= 11 is 1.75. The van der Waals surface area contributed by atoms with Crippen molar-refractivity contribution in [1.29, 1.82) is 0 Å². The molecule has 3 rings (SSSR count). The SMILES string of the molecule is CSCC[C@H](N)c1nc(-c2ccc3ncccc3c2)no1. The highest BCUT2D eigenvalue weighted by molar-refractivity contribution is 7.98. The first kappa shape index (κ1) is 14.0. The van der Waals surface area contributed by atoms with Crippen LogP contribution in [0.15, 0.2) is 41.1 Å². The number of hydrogen-bond donors (Lipinski definition) is 1.